The first-order valence-electron chi connectivity index (χ1n) is 44.2. The molecule has 0 fully saturated rings. The van der Waals surface area contributed by atoms with Crippen LogP contribution in [0.25, 0.3) is 0 Å². The van der Waals surface area contributed by atoms with Crippen molar-refractivity contribution in [2.45, 2.75) is 477 Å². The summed E-state index contributed by atoms with van der Waals surface area (Å²) in [4.78, 5) is 73.2. The zero-order valence-electron chi connectivity index (χ0n) is 68.2. The zero-order chi connectivity index (χ0) is 76.2. The highest BCUT2D eigenvalue weighted by Gasteiger charge is 2.30. The molecule has 0 saturated heterocycles. The Kier molecular flexibility index (Phi) is 76.3. The fourth-order valence-corrected chi connectivity index (χ4v) is 14.8. The first-order valence-corrected chi connectivity index (χ1v) is 47.2. The summed E-state index contributed by atoms with van der Waals surface area (Å²) in [5.74, 6) is -1.37. The molecular weight excluding hydrogens is 1350 g/mol. The fraction of sp³-hybridized carbons (Fsp3) is 0.953. The van der Waals surface area contributed by atoms with E-state index in [0.29, 0.717) is 25.7 Å². The molecule has 104 heavy (non-hydrogen) atoms. The monoisotopic (exact) mass is 1520 g/mol. The van der Waals surface area contributed by atoms with Crippen LogP contribution in [0.1, 0.15) is 458 Å². The minimum atomic E-state index is -4.96. The number of aliphatic hydroxyl groups is 1. The standard InChI is InChI=1S/C85H166O17P2/c1-6-10-13-16-19-22-25-28-31-34-35-36-39-42-45-48-51-54-61-65-70-84(89)101-80(74-95-82(87)68-63-58-52-49-46-43-40-37-32-29-26-23-20-17-14-11-7-2)76-99-103(91,92)97-72-79(86)73-98-104(93,94)100-77-81(75-96-83(88)69-64-59-56-55-57-62-67-78(5)9-4)102-85(90)71-66-60-53-50-47-44-41-38-33-30-27-24-21-18-15-12-8-3/h78-81,86H,6-77H2,1-5H3,(H,91,92)(H,93,94)/t78?,79-,80-,81-/m1/s1. The van der Waals surface area contributed by atoms with E-state index in [1.54, 1.807) is 0 Å². The van der Waals surface area contributed by atoms with E-state index in [0.717, 1.165) is 102 Å². The average molecular weight is 1520 g/mol. The minimum Gasteiger partial charge on any atom is -0.462 e. The lowest BCUT2D eigenvalue weighted by atomic mass is 10.00. The van der Waals surface area contributed by atoms with Crippen molar-refractivity contribution < 1.29 is 80.2 Å². The lowest BCUT2D eigenvalue weighted by molar-refractivity contribution is -0.161. The SMILES string of the molecule is CCCCCCCCCCCCCCCCCCCCCCC(=O)O[C@H](COC(=O)CCCCCCCCCCCCCCCCCCC)COP(=O)(O)OC[C@@H](O)COP(=O)(O)OC[C@@H](COC(=O)CCCCCCCCC(C)CC)OC(=O)CCCCCCCCCCCCCCCCCCC. The van der Waals surface area contributed by atoms with E-state index < -0.39 is 97.5 Å². The quantitative estimate of drug-likeness (QED) is 0.0222. The molecule has 0 radical (unpaired) electrons. The second-order valence-corrected chi connectivity index (χ2v) is 33.7. The van der Waals surface area contributed by atoms with E-state index in [1.165, 1.54) is 276 Å². The summed E-state index contributed by atoms with van der Waals surface area (Å²) in [6.45, 7) is 7.32. The van der Waals surface area contributed by atoms with Crippen LogP contribution in [0.2, 0.25) is 0 Å². The second kappa shape index (κ2) is 77.8. The van der Waals surface area contributed by atoms with Gasteiger partial charge in [-0.3, -0.25) is 37.3 Å². The van der Waals surface area contributed by atoms with Gasteiger partial charge in [-0.25, -0.2) is 9.13 Å². The van der Waals surface area contributed by atoms with Gasteiger partial charge in [0.25, 0.3) is 0 Å². The number of phosphoric ester groups is 2. The average Bonchev–Trinajstić information content (AvgIpc) is 0.949. The topological polar surface area (TPSA) is 237 Å². The number of hydrogen-bond acceptors (Lipinski definition) is 15. The van der Waals surface area contributed by atoms with Crippen molar-refractivity contribution in [3.63, 3.8) is 0 Å². The highest BCUT2D eigenvalue weighted by atomic mass is 31.2. The molecule has 0 aromatic heterocycles. The normalized spacial score (nSPS) is 14.0. The predicted molar refractivity (Wildman–Crippen MR) is 428 cm³/mol. The van der Waals surface area contributed by atoms with Crippen molar-refractivity contribution in [3.8, 4) is 0 Å². The number of rotatable bonds is 85. The Hall–Kier alpha value is -1.94. The smallest absolute Gasteiger partial charge is 0.462 e. The van der Waals surface area contributed by atoms with Gasteiger partial charge in [0.2, 0.25) is 0 Å². The van der Waals surface area contributed by atoms with Gasteiger partial charge in [-0.1, -0.05) is 407 Å². The number of aliphatic hydroxyl groups excluding tert-OH is 1. The Balaban J connectivity index is 5.23. The van der Waals surface area contributed by atoms with Gasteiger partial charge in [-0.15, -0.1) is 0 Å². The van der Waals surface area contributed by atoms with Gasteiger partial charge >= 0.3 is 39.5 Å². The van der Waals surface area contributed by atoms with Crippen molar-refractivity contribution in [1.29, 1.82) is 0 Å². The molecule has 0 saturated carbocycles. The van der Waals surface area contributed by atoms with Crippen LogP contribution in [0.3, 0.4) is 0 Å². The highest BCUT2D eigenvalue weighted by Crippen LogP contribution is 2.45. The summed E-state index contributed by atoms with van der Waals surface area (Å²) in [6.07, 6.45) is 70.9. The molecule has 0 aliphatic heterocycles. The van der Waals surface area contributed by atoms with Crippen molar-refractivity contribution in [1.82, 2.24) is 0 Å². The Morgan fingerprint density at radius 1 is 0.269 bits per heavy atom. The van der Waals surface area contributed by atoms with Crippen LogP contribution < -0.4 is 0 Å². The van der Waals surface area contributed by atoms with Gasteiger partial charge in [0.15, 0.2) is 12.2 Å². The molecular formula is C85H166O17P2. The molecule has 3 unspecified atom stereocenters. The van der Waals surface area contributed by atoms with Crippen LogP contribution in [0, 0.1) is 5.92 Å². The molecule has 0 amide bonds. The van der Waals surface area contributed by atoms with Crippen LogP contribution in [0.5, 0.6) is 0 Å². The molecule has 0 aromatic carbocycles. The van der Waals surface area contributed by atoms with Gasteiger partial charge in [0, 0.05) is 25.7 Å². The summed E-state index contributed by atoms with van der Waals surface area (Å²) in [7, 11) is -9.93. The number of carbonyl (C=O) groups is 4. The molecule has 0 heterocycles. The van der Waals surface area contributed by atoms with Crippen LogP contribution in [0.15, 0.2) is 0 Å². The number of hydrogen-bond donors (Lipinski definition) is 3. The molecule has 0 bridgehead atoms. The van der Waals surface area contributed by atoms with Crippen LogP contribution in [-0.2, 0) is 65.4 Å². The van der Waals surface area contributed by atoms with E-state index in [1.807, 2.05) is 0 Å². The predicted octanol–water partition coefficient (Wildman–Crippen LogP) is 26.0. The molecule has 0 aliphatic carbocycles. The van der Waals surface area contributed by atoms with E-state index in [2.05, 4.69) is 34.6 Å². The number of carbonyl (C=O) groups excluding carboxylic acids is 4. The third-order valence-corrected chi connectivity index (χ3v) is 22.3. The Labute approximate surface area is 638 Å². The third kappa shape index (κ3) is 76.8. The van der Waals surface area contributed by atoms with Crippen LogP contribution >= 0.6 is 15.6 Å². The molecule has 0 rings (SSSR count). The van der Waals surface area contributed by atoms with E-state index >= 15 is 0 Å². The van der Waals surface area contributed by atoms with Crippen molar-refractivity contribution in [2.24, 2.45) is 5.92 Å². The van der Waals surface area contributed by atoms with Gasteiger partial charge in [-0.2, -0.15) is 0 Å². The molecule has 6 atom stereocenters. The summed E-state index contributed by atoms with van der Waals surface area (Å²) in [5.41, 5.74) is 0. The largest absolute Gasteiger partial charge is 0.472 e. The minimum absolute atomic E-state index is 0.108. The molecule has 19 heteroatoms. The molecule has 0 spiro atoms. The number of ether oxygens (including phenoxy) is 4. The Morgan fingerprint density at radius 3 is 0.683 bits per heavy atom. The van der Waals surface area contributed by atoms with E-state index in [9.17, 15) is 43.2 Å². The van der Waals surface area contributed by atoms with Crippen molar-refractivity contribution in [2.75, 3.05) is 39.6 Å². The van der Waals surface area contributed by atoms with Crippen LogP contribution in [0.4, 0.5) is 0 Å². The number of esters is 4. The first kappa shape index (κ1) is 102. The first-order chi connectivity index (χ1) is 50.6. The zero-order valence-corrected chi connectivity index (χ0v) is 70.0. The van der Waals surface area contributed by atoms with Gasteiger partial charge in [0.05, 0.1) is 26.4 Å². The molecule has 0 aliphatic rings. The number of unbranched alkanes of at least 4 members (excludes halogenated alkanes) is 56. The highest BCUT2D eigenvalue weighted by molar-refractivity contribution is 7.47. The molecule has 3 N–H and O–H groups in total. The number of phosphoric acid groups is 2. The summed E-state index contributed by atoms with van der Waals surface area (Å²) in [6, 6.07) is 0. The van der Waals surface area contributed by atoms with Gasteiger partial charge in [-0.05, 0) is 31.6 Å². The van der Waals surface area contributed by atoms with Crippen molar-refractivity contribution >= 4 is 39.5 Å². The van der Waals surface area contributed by atoms with E-state index in [4.69, 9.17) is 37.0 Å². The summed E-state index contributed by atoms with van der Waals surface area (Å²) >= 11 is 0. The lowest BCUT2D eigenvalue weighted by Gasteiger charge is -2.21. The molecule has 618 valence electrons. The maximum Gasteiger partial charge on any atom is 0.472 e. The van der Waals surface area contributed by atoms with Crippen LogP contribution in [-0.4, -0.2) is 96.7 Å². The lowest BCUT2D eigenvalue weighted by Crippen LogP contribution is -2.30. The summed E-state index contributed by atoms with van der Waals surface area (Å²) in [5, 5.41) is 10.7. The van der Waals surface area contributed by atoms with E-state index in [-0.39, 0.29) is 25.7 Å². The molecule has 0 aromatic rings. The van der Waals surface area contributed by atoms with Gasteiger partial charge < -0.3 is 33.8 Å². The summed E-state index contributed by atoms with van der Waals surface area (Å²) < 4.78 is 68.9. The Bertz CT molecular complexity index is 1980. The Morgan fingerprint density at radius 2 is 0.462 bits per heavy atom. The molecule has 17 nitrogen and oxygen atoms in total. The maximum atomic E-state index is 13.1. The third-order valence-electron chi connectivity index (χ3n) is 20.4. The van der Waals surface area contributed by atoms with Crippen molar-refractivity contribution in [3.05, 3.63) is 0 Å². The second-order valence-electron chi connectivity index (χ2n) is 30.8. The maximum absolute atomic E-state index is 13.1. The van der Waals surface area contributed by atoms with Gasteiger partial charge in [0.1, 0.15) is 19.3 Å². The fourth-order valence-electron chi connectivity index (χ4n) is 13.3.